The van der Waals surface area contributed by atoms with Crippen LogP contribution in [0.3, 0.4) is 0 Å². The number of hydrogen-bond donors (Lipinski definition) is 0. The fourth-order valence-corrected chi connectivity index (χ4v) is 1.64. The third-order valence-electron chi connectivity index (χ3n) is 2.39. The van der Waals surface area contributed by atoms with E-state index in [0.29, 0.717) is 16.9 Å². The van der Waals surface area contributed by atoms with E-state index in [1.807, 2.05) is 0 Å². The van der Waals surface area contributed by atoms with Gasteiger partial charge >= 0.3 is 0 Å². The topological polar surface area (TPSA) is 51.5 Å². The molecule has 0 saturated heterocycles. The van der Waals surface area contributed by atoms with Crippen molar-refractivity contribution in [1.29, 1.82) is 0 Å². The highest BCUT2D eigenvalue weighted by Gasteiger charge is 2.04. The van der Waals surface area contributed by atoms with E-state index in [2.05, 4.69) is 9.98 Å². The Bertz CT molecular complexity index is 693. The van der Waals surface area contributed by atoms with Gasteiger partial charge in [-0.1, -0.05) is 0 Å². The lowest BCUT2D eigenvalue weighted by molar-refractivity contribution is -0.112. The molecule has 0 saturated carbocycles. The highest BCUT2D eigenvalue weighted by molar-refractivity contribution is 6.06. The number of carbonyl (C=O) groups is 1. The van der Waals surface area contributed by atoms with Crippen molar-refractivity contribution in [2.45, 2.75) is 0 Å². The summed E-state index contributed by atoms with van der Waals surface area (Å²) in [6.07, 6.45) is 4.82. The van der Waals surface area contributed by atoms with Crippen molar-refractivity contribution in [3.8, 4) is 11.5 Å². The second kappa shape index (κ2) is 3.83. The standard InChI is InChI=1S/C13H8N2O2/c16-13-8-9-7-11(1-2-12(9)15-13)17-10-3-5-14-6-4-10/h1-8H. The molecule has 0 bridgehead atoms. The molecule has 1 aromatic heterocycles. The minimum atomic E-state index is -0.221. The van der Waals surface area contributed by atoms with Crippen LogP contribution in [-0.2, 0) is 4.79 Å². The molecule has 0 spiro atoms. The number of rotatable bonds is 2. The van der Waals surface area contributed by atoms with Gasteiger partial charge in [-0.25, -0.2) is 4.99 Å². The number of aromatic nitrogens is 1. The first-order chi connectivity index (χ1) is 8.31. The number of nitrogens with zero attached hydrogens (tertiary/aromatic N) is 2. The predicted octanol–water partition coefficient (Wildman–Crippen LogP) is 0.814. The lowest BCUT2D eigenvalue weighted by atomic mass is 10.2. The first-order valence-corrected chi connectivity index (χ1v) is 5.14. The number of fused-ring (bicyclic) bond motifs is 1. The summed E-state index contributed by atoms with van der Waals surface area (Å²) in [4.78, 5) is 18.8. The molecule has 82 valence electrons. The summed E-state index contributed by atoms with van der Waals surface area (Å²) in [5.74, 6) is 1.17. The monoisotopic (exact) mass is 224 g/mol. The zero-order valence-electron chi connectivity index (χ0n) is 8.83. The molecule has 1 aliphatic heterocycles. The molecule has 0 atom stereocenters. The molecule has 0 fully saturated rings. The fourth-order valence-electron chi connectivity index (χ4n) is 1.64. The van der Waals surface area contributed by atoms with Crippen molar-refractivity contribution >= 4 is 12.0 Å². The van der Waals surface area contributed by atoms with Crippen molar-refractivity contribution in [1.82, 2.24) is 4.98 Å². The first-order valence-electron chi connectivity index (χ1n) is 5.14. The molecule has 17 heavy (non-hydrogen) atoms. The molecule has 4 nitrogen and oxygen atoms in total. The van der Waals surface area contributed by atoms with Gasteiger partial charge in [0, 0.05) is 23.7 Å². The average molecular weight is 224 g/mol. The Morgan fingerprint density at radius 3 is 2.65 bits per heavy atom. The zero-order valence-corrected chi connectivity index (χ0v) is 8.83. The summed E-state index contributed by atoms with van der Waals surface area (Å²) in [5.41, 5.74) is 0. The lowest BCUT2D eigenvalue weighted by Gasteiger charge is -2.03. The van der Waals surface area contributed by atoms with Gasteiger partial charge in [0.2, 0.25) is 0 Å². The third-order valence-corrected chi connectivity index (χ3v) is 2.39. The summed E-state index contributed by atoms with van der Waals surface area (Å²) < 4.78 is 5.63. The van der Waals surface area contributed by atoms with E-state index in [-0.39, 0.29) is 5.91 Å². The van der Waals surface area contributed by atoms with Crippen molar-refractivity contribution in [2.24, 2.45) is 4.99 Å². The predicted molar refractivity (Wildman–Crippen MR) is 61.0 cm³/mol. The number of amides is 1. The van der Waals surface area contributed by atoms with E-state index in [1.165, 1.54) is 6.08 Å². The van der Waals surface area contributed by atoms with Crippen LogP contribution in [0.1, 0.15) is 0 Å². The van der Waals surface area contributed by atoms with Crippen molar-refractivity contribution in [3.05, 3.63) is 53.3 Å². The van der Waals surface area contributed by atoms with Crippen LogP contribution in [0.2, 0.25) is 0 Å². The van der Waals surface area contributed by atoms with Crippen LogP contribution in [0, 0.1) is 0 Å². The summed E-state index contributed by atoms with van der Waals surface area (Å²) in [5, 5.41) is 1.48. The van der Waals surface area contributed by atoms with Gasteiger partial charge in [-0.2, -0.15) is 0 Å². The summed E-state index contributed by atoms with van der Waals surface area (Å²) in [6.45, 7) is 0. The minimum absolute atomic E-state index is 0.221. The smallest absolute Gasteiger partial charge is 0.270 e. The second-order valence-corrected chi connectivity index (χ2v) is 3.60. The molecule has 1 aromatic carbocycles. The van der Waals surface area contributed by atoms with Crippen LogP contribution in [0.25, 0.3) is 6.08 Å². The third kappa shape index (κ3) is 1.92. The maximum Gasteiger partial charge on any atom is 0.270 e. The minimum Gasteiger partial charge on any atom is -0.457 e. The van der Waals surface area contributed by atoms with Crippen LogP contribution in [0.15, 0.2) is 47.7 Å². The van der Waals surface area contributed by atoms with E-state index >= 15 is 0 Å². The van der Waals surface area contributed by atoms with E-state index in [1.54, 1.807) is 42.7 Å². The quantitative estimate of drug-likeness (QED) is 0.758. The lowest BCUT2D eigenvalue weighted by Crippen LogP contribution is -2.20. The molecular formula is C13H8N2O2. The van der Waals surface area contributed by atoms with E-state index < -0.39 is 0 Å². The van der Waals surface area contributed by atoms with Gasteiger partial charge < -0.3 is 4.74 Å². The average Bonchev–Trinajstić information content (AvgIpc) is 2.70. The molecule has 0 N–H and O–H groups in total. The summed E-state index contributed by atoms with van der Waals surface area (Å²) >= 11 is 0. The number of benzene rings is 1. The van der Waals surface area contributed by atoms with Crippen LogP contribution < -0.4 is 15.3 Å². The van der Waals surface area contributed by atoms with Gasteiger partial charge in [-0.3, -0.25) is 9.78 Å². The Balaban J connectivity index is 1.98. The van der Waals surface area contributed by atoms with Crippen LogP contribution in [0.4, 0.5) is 0 Å². The molecule has 0 aliphatic carbocycles. The van der Waals surface area contributed by atoms with E-state index in [4.69, 9.17) is 4.74 Å². The molecule has 1 aliphatic rings. The van der Waals surface area contributed by atoms with Gasteiger partial charge in [0.25, 0.3) is 5.91 Å². The number of carbonyl (C=O) groups excluding carboxylic acids is 1. The Hall–Kier alpha value is -2.49. The van der Waals surface area contributed by atoms with E-state index in [9.17, 15) is 4.79 Å². The van der Waals surface area contributed by atoms with Crippen molar-refractivity contribution in [2.75, 3.05) is 0 Å². The van der Waals surface area contributed by atoms with Crippen molar-refractivity contribution < 1.29 is 9.53 Å². The zero-order chi connectivity index (χ0) is 11.7. The molecule has 2 aromatic rings. The fraction of sp³-hybridized carbons (Fsp3) is 0. The Morgan fingerprint density at radius 2 is 1.82 bits per heavy atom. The van der Waals surface area contributed by atoms with Gasteiger partial charge in [-0.15, -0.1) is 0 Å². The van der Waals surface area contributed by atoms with Gasteiger partial charge in [-0.05, 0) is 30.3 Å². The number of pyridine rings is 1. The molecule has 2 heterocycles. The number of hydrogen-bond acceptors (Lipinski definition) is 3. The molecule has 1 amide bonds. The highest BCUT2D eigenvalue weighted by Crippen LogP contribution is 2.17. The van der Waals surface area contributed by atoms with Gasteiger partial charge in [0.15, 0.2) is 0 Å². The Morgan fingerprint density at radius 1 is 1.00 bits per heavy atom. The Labute approximate surface area is 96.9 Å². The van der Waals surface area contributed by atoms with Crippen LogP contribution in [0.5, 0.6) is 11.5 Å². The van der Waals surface area contributed by atoms with Gasteiger partial charge in [0.1, 0.15) is 11.5 Å². The highest BCUT2D eigenvalue weighted by atomic mass is 16.5. The second-order valence-electron chi connectivity index (χ2n) is 3.60. The van der Waals surface area contributed by atoms with E-state index in [0.717, 1.165) is 5.22 Å². The molecule has 0 unspecified atom stereocenters. The molecule has 0 radical (unpaired) electrons. The maximum atomic E-state index is 11.1. The largest absolute Gasteiger partial charge is 0.457 e. The Kier molecular flexibility index (Phi) is 2.19. The molecule has 3 rings (SSSR count). The normalized spacial score (nSPS) is 12.6. The van der Waals surface area contributed by atoms with Gasteiger partial charge in [0.05, 0.1) is 5.36 Å². The maximum absolute atomic E-state index is 11.1. The van der Waals surface area contributed by atoms with Crippen molar-refractivity contribution in [3.63, 3.8) is 0 Å². The number of ether oxygens (including phenoxy) is 1. The SMILES string of the molecule is O=C1C=c2cc(Oc3ccncc3)ccc2=N1. The summed E-state index contributed by atoms with van der Waals surface area (Å²) in [6, 6.07) is 8.89. The molecular weight excluding hydrogens is 216 g/mol. The molecule has 4 heteroatoms. The first kappa shape index (κ1) is 9.72. The summed E-state index contributed by atoms with van der Waals surface area (Å²) in [7, 11) is 0. The van der Waals surface area contributed by atoms with Crippen LogP contribution >= 0.6 is 0 Å². The van der Waals surface area contributed by atoms with Crippen LogP contribution in [-0.4, -0.2) is 10.9 Å².